The fraction of sp³-hybridized carbons (Fsp3) is 0.379. The van der Waals surface area contributed by atoms with Crippen LogP contribution in [0.15, 0.2) is 60.7 Å². The summed E-state index contributed by atoms with van der Waals surface area (Å²) in [6.07, 6.45) is 5.93. The molecular weight excluding hydrogens is 422 g/mol. The van der Waals surface area contributed by atoms with Gasteiger partial charge in [-0.1, -0.05) is 62.6 Å². The number of imidazole rings is 1. The van der Waals surface area contributed by atoms with Gasteiger partial charge in [-0.05, 0) is 53.4 Å². The van der Waals surface area contributed by atoms with Crippen molar-refractivity contribution in [2.45, 2.75) is 57.5 Å². The van der Waals surface area contributed by atoms with Crippen molar-refractivity contribution in [2.75, 3.05) is 14.2 Å². The van der Waals surface area contributed by atoms with Gasteiger partial charge in [0.25, 0.3) is 0 Å². The first kappa shape index (κ1) is 22.5. The third-order valence-corrected chi connectivity index (χ3v) is 7.45. The van der Waals surface area contributed by atoms with Crippen LogP contribution in [0.25, 0.3) is 21.8 Å². The Bertz CT molecular complexity index is 1320. The molecule has 1 heterocycles. The molecule has 5 nitrogen and oxygen atoms in total. The zero-order chi connectivity index (χ0) is 23.7. The lowest BCUT2D eigenvalue weighted by molar-refractivity contribution is -0.133. The Labute approximate surface area is 201 Å². The second kappa shape index (κ2) is 9.49. The Hall–Kier alpha value is -3.34. The van der Waals surface area contributed by atoms with Crippen LogP contribution in [-0.4, -0.2) is 40.6 Å². The van der Waals surface area contributed by atoms with E-state index in [0.717, 1.165) is 40.8 Å². The third-order valence-electron chi connectivity index (χ3n) is 7.45. The molecule has 176 valence electrons. The van der Waals surface area contributed by atoms with E-state index in [1.807, 2.05) is 36.2 Å². The molecule has 5 heteroatoms. The van der Waals surface area contributed by atoms with Gasteiger partial charge in [0.2, 0.25) is 5.91 Å². The number of aromatic nitrogens is 2. The molecular formula is C29H33N3O2. The molecule has 0 N–H and O–H groups in total. The van der Waals surface area contributed by atoms with E-state index in [1.165, 1.54) is 30.2 Å². The van der Waals surface area contributed by atoms with E-state index in [1.54, 1.807) is 7.11 Å². The van der Waals surface area contributed by atoms with Crippen LogP contribution in [0.3, 0.4) is 0 Å². The summed E-state index contributed by atoms with van der Waals surface area (Å²) in [6.45, 7) is 2.50. The van der Waals surface area contributed by atoms with E-state index in [0.29, 0.717) is 12.6 Å². The van der Waals surface area contributed by atoms with Crippen LogP contribution < -0.4 is 4.74 Å². The van der Waals surface area contributed by atoms with Crippen LogP contribution >= 0.6 is 0 Å². The molecule has 1 aliphatic carbocycles. The van der Waals surface area contributed by atoms with E-state index >= 15 is 0 Å². The minimum Gasteiger partial charge on any atom is -0.497 e. The van der Waals surface area contributed by atoms with Crippen molar-refractivity contribution in [3.05, 3.63) is 72.1 Å². The first-order valence-corrected chi connectivity index (χ1v) is 12.3. The van der Waals surface area contributed by atoms with E-state index in [9.17, 15) is 4.79 Å². The summed E-state index contributed by atoms with van der Waals surface area (Å²) in [5.74, 6) is 2.00. The lowest BCUT2D eigenvalue weighted by atomic mass is 9.94. The minimum atomic E-state index is 0.0479. The Kier molecular flexibility index (Phi) is 6.27. The maximum atomic E-state index is 13.4. The number of para-hydroxylation sites is 2. The van der Waals surface area contributed by atoms with Gasteiger partial charge in [0.15, 0.2) is 0 Å². The van der Waals surface area contributed by atoms with Gasteiger partial charge in [0.1, 0.15) is 18.1 Å². The number of likely N-dealkylation sites (N-methyl/N-ethyl adjacent to an activating group) is 1. The zero-order valence-corrected chi connectivity index (χ0v) is 20.3. The number of carbonyl (C=O) groups excluding carboxylic acids is 1. The topological polar surface area (TPSA) is 47.4 Å². The minimum absolute atomic E-state index is 0.0479. The molecule has 1 unspecified atom stereocenters. The summed E-state index contributed by atoms with van der Waals surface area (Å²) < 4.78 is 7.49. The molecule has 1 amide bonds. The Balaban J connectivity index is 1.49. The lowest BCUT2D eigenvalue weighted by Gasteiger charge is -2.31. The predicted molar refractivity (Wildman–Crippen MR) is 137 cm³/mol. The van der Waals surface area contributed by atoms with Crippen molar-refractivity contribution in [3.63, 3.8) is 0 Å². The summed E-state index contributed by atoms with van der Waals surface area (Å²) in [5.41, 5.74) is 3.13. The van der Waals surface area contributed by atoms with Crippen molar-refractivity contribution >= 4 is 27.7 Å². The molecule has 1 aromatic heterocycles. The maximum absolute atomic E-state index is 13.4. The van der Waals surface area contributed by atoms with Crippen molar-refractivity contribution in [1.82, 2.24) is 14.5 Å². The van der Waals surface area contributed by atoms with Gasteiger partial charge in [-0.15, -0.1) is 0 Å². The van der Waals surface area contributed by atoms with Crippen molar-refractivity contribution in [3.8, 4) is 5.75 Å². The van der Waals surface area contributed by atoms with Gasteiger partial charge in [-0.2, -0.15) is 0 Å². The van der Waals surface area contributed by atoms with E-state index in [-0.39, 0.29) is 11.8 Å². The normalized spacial score (nSPS) is 15.5. The third kappa shape index (κ3) is 4.27. The number of amides is 1. The van der Waals surface area contributed by atoms with Gasteiger partial charge in [0, 0.05) is 19.0 Å². The first-order valence-electron chi connectivity index (χ1n) is 12.3. The highest BCUT2D eigenvalue weighted by atomic mass is 16.5. The van der Waals surface area contributed by atoms with Crippen LogP contribution in [-0.2, 0) is 11.3 Å². The largest absolute Gasteiger partial charge is 0.497 e. The molecule has 4 aromatic rings. The van der Waals surface area contributed by atoms with Gasteiger partial charge >= 0.3 is 0 Å². The fourth-order valence-electron chi connectivity index (χ4n) is 5.30. The summed E-state index contributed by atoms with van der Waals surface area (Å²) in [6, 6.07) is 21.1. The second-order valence-electron chi connectivity index (χ2n) is 9.54. The second-order valence-corrected chi connectivity index (χ2v) is 9.54. The first-order chi connectivity index (χ1) is 16.5. The number of fused-ring (bicyclic) bond motifs is 2. The highest BCUT2D eigenvalue weighted by molar-refractivity contribution is 5.85. The fourth-order valence-corrected chi connectivity index (χ4v) is 5.30. The smallest absolute Gasteiger partial charge is 0.242 e. The quantitative estimate of drug-likeness (QED) is 0.351. The van der Waals surface area contributed by atoms with Crippen LogP contribution in [0.1, 0.15) is 56.3 Å². The zero-order valence-electron chi connectivity index (χ0n) is 20.3. The van der Waals surface area contributed by atoms with Crippen LogP contribution in [0.4, 0.5) is 0 Å². The van der Waals surface area contributed by atoms with E-state index in [4.69, 9.17) is 9.72 Å². The molecule has 1 saturated carbocycles. The molecule has 5 rings (SSSR count). The Morgan fingerprint density at radius 1 is 1.06 bits per heavy atom. The summed E-state index contributed by atoms with van der Waals surface area (Å²) >= 11 is 0. The number of nitrogens with zero attached hydrogens (tertiary/aromatic N) is 3. The maximum Gasteiger partial charge on any atom is 0.242 e. The predicted octanol–water partition coefficient (Wildman–Crippen LogP) is 6.14. The number of hydrogen-bond donors (Lipinski definition) is 0. The number of benzene rings is 3. The molecule has 0 aliphatic heterocycles. The van der Waals surface area contributed by atoms with Crippen LogP contribution in [0.5, 0.6) is 5.75 Å². The van der Waals surface area contributed by atoms with Crippen molar-refractivity contribution in [2.24, 2.45) is 0 Å². The average molecular weight is 456 g/mol. The molecule has 0 bridgehead atoms. The van der Waals surface area contributed by atoms with Gasteiger partial charge in [-0.25, -0.2) is 4.98 Å². The number of ether oxygens (including phenoxy) is 1. The molecule has 1 aliphatic rings. The van der Waals surface area contributed by atoms with Gasteiger partial charge in [0.05, 0.1) is 18.1 Å². The summed E-state index contributed by atoms with van der Waals surface area (Å²) in [7, 11) is 3.66. The van der Waals surface area contributed by atoms with Gasteiger partial charge < -0.3 is 14.2 Å². The van der Waals surface area contributed by atoms with Crippen LogP contribution in [0, 0.1) is 0 Å². The van der Waals surface area contributed by atoms with Gasteiger partial charge in [-0.3, -0.25) is 4.79 Å². The van der Waals surface area contributed by atoms with Crippen molar-refractivity contribution < 1.29 is 9.53 Å². The highest BCUT2D eigenvalue weighted by Crippen LogP contribution is 2.31. The molecule has 0 saturated heterocycles. The monoisotopic (exact) mass is 455 g/mol. The average Bonchev–Trinajstić information content (AvgIpc) is 3.25. The molecule has 3 aromatic carbocycles. The molecule has 1 fully saturated rings. The summed E-state index contributed by atoms with van der Waals surface area (Å²) in [5, 5.41) is 2.31. The Morgan fingerprint density at radius 2 is 1.79 bits per heavy atom. The number of hydrogen-bond acceptors (Lipinski definition) is 3. The molecule has 1 atom stereocenters. The molecule has 34 heavy (non-hydrogen) atoms. The Morgan fingerprint density at radius 3 is 2.59 bits per heavy atom. The highest BCUT2D eigenvalue weighted by Gasteiger charge is 2.25. The number of carbonyl (C=O) groups is 1. The van der Waals surface area contributed by atoms with Crippen molar-refractivity contribution in [1.29, 1.82) is 0 Å². The van der Waals surface area contributed by atoms with E-state index in [2.05, 4.69) is 47.9 Å². The van der Waals surface area contributed by atoms with Crippen LogP contribution in [0.2, 0.25) is 0 Å². The standard InChI is InChI=1S/C29H33N3O2/c1-20(21-13-14-23-18-25(34-3)16-15-22(23)17-21)29-30-26-11-7-8-12-27(26)32(29)19-28(33)31(2)24-9-5-4-6-10-24/h7-8,11-18,20,24H,4-6,9-10,19H2,1-3H3. The number of rotatable bonds is 6. The van der Waals surface area contributed by atoms with E-state index < -0.39 is 0 Å². The lowest BCUT2D eigenvalue weighted by Crippen LogP contribution is -2.40. The molecule has 0 spiro atoms. The SMILES string of the molecule is COc1ccc2cc(C(C)c3nc4ccccc4n3CC(=O)N(C)C3CCCCC3)ccc2c1. The number of methoxy groups -OCH3 is 1. The molecule has 0 radical (unpaired) electrons. The summed E-state index contributed by atoms with van der Waals surface area (Å²) in [4.78, 5) is 20.3.